The normalized spacial score (nSPS) is 27.1. The summed E-state index contributed by atoms with van der Waals surface area (Å²) in [6, 6.07) is 7.46. The van der Waals surface area contributed by atoms with Crippen LogP contribution in [0.2, 0.25) is 0 Å². The van der Waals surface area contributed by atoms with E-state index in [4.69, 9.17) is 8.92 Å². The van der Waals surface area contributed by atoms with Crippen LogP contribution < -0.4 is 15.4 Å². The fraction of sp³-hybridized carbons (Fsp3) is 0.613. The third-order valence-corrected chi connectivity index (χ3v) is 8.93. The summed E-state index contributed by atoms with van der Waals surface area (Å²) in [4.78, 5) is 54.8. The summed E-state index contributed by atoms with van der Waals surface area (Å²) < 4.78 is 37.7. The van der Waals surface area contributed by atoms with Gasteiger partial charge in [-0.2, -0.15) is 8.42 Å². The summed E-state index contributed by atoms with van der Waals surface area (Å²) in [5.74, 6) is -2.23. The van der Waals surface area contributed by atoms with Crippen molar-refractivity contribution in [2.45, 2.75) is 102 Å². The Kier molecular flexibility index (Phi) is 10.7. The molecule has 1 aromatic rings. The zero-order valence-electron chi connectivity index (χ0n) is 25.7. The van der Waals surface area contributed by atoms with Gasteiger partial charge in [-0.15, -0.1) is 0 Å². The van der Waals surface area contributed by atoms with Crippen molar-refractivity contribution in [3.63, 3.8) is 0 Å². The highest BCUT2D eigenvalue weighted by Gasteiger charge is 2.61. The number of carbonyl (C=O) groups excluding carboxylic acids is 4. The number of alkyl carbamates (subject to hydrolysis) is 1. The van der Waals surface area contributed by atoms with E-state index in [9.17, 15) is 27.6 Å². The first-order valence-corrected chi connectivity index (χ1v) is 16.7. The first-order valence-electron chi connectivity index (χ1n) is 15.3. The van der Waals surface area contributed by atoms with E-state index in [1.807, 2.05) is 47.2 Å². The van der Waals surface area contributed by atoms with Crippen LogP contribution in [0.15, 0.2) is 42.5 Å². The van der Waals surface area contributed by atoms with Gasteiger partial charge < -0.3 is 20.3 Å². The number of fused-ring (bicyclic) bond motifs is 2. The van der Waals surface area contributed by atoms with E-state index in [2.05, 4.69) is 10.6 Å². The average molecular weight is 633 g/mol. The quantitative estimate of drug-likeness (QED) is 0.387. The number of hydrogen-bond donors (Lipinski definition) is 3. The number of hydrogen-bond acceptors (Lipinski definition) is 8. The lowest BCUT2D eigenvalue weighted by Crippen LogP contribution is -2.58. The molecule has 0 aromatic heterocycles. The zero-order chi connectivity index (χ0) is 32.0. The molecule has 12 nitrogen and oxygen atoms in total. The van der Waals surface area contributed by atoms with Crippen LogP contribution >= 0.6 is 0 Å². The van der Waals surface area contributed by atoms with Gasteiger partial charge in [0, 0.05) is 12.5 Å². The Labute approximate surface area is 259 Å². The topological polar surface area (TPSA) is 160 Å². The zero-order valence-corrected chi connectivity index (χ0v) is 26.5. The summed E-state index contributed by atoms with van der Waals surface area (Å²) in [5, 5.41) is 5.49. The molecule has 3 aliphatic rings. The molecule has 1 saturated heterocycles. The minimum atomic E-state index is -4.44. The van der Waals surface area contributed by atoms with Crippen LogP contribution in [0.5, 0.6) is 0 Å². The van der Waals surface area contributed by atoms with Gasteiger partial charge in [-0.3, -0.25) is 18.6 Å². The molecule has 1 aromatic carbocycles. The third kappa shape index (κ3) is 9.04. The van der Waals surface area contributed by atoms with E-state index < -0.39 is 57.4 Å². The Bertz CT molecular complexity index is 1340. The van der Waals surface area contributed by atoms with Crippen LogP contribution in [0.1, 0.15) is 77.7 Å². The maximum absolute atomic E-state index is 13.7. The van der Waals surface area contributed by atoms with E-state index >= 15 is 0 Å². The van der Waals surface area contributed by atoms with E-state index in [1.54, 1.807) is 20.8 Å². The SMILES string of the molecule is CC(C)(C)OC(=O)N[C@H]1CCCCC/C=C\[C@H]2C[C@@]2(C(=O)NS(=O)(=O)OCCc2ccccc2)NC(=O)C2CCCN2C1=O. The first-order chi connectivity index (χ1) is 20.8. The molecule has 13 heteroatoms. The molecule has 2 fully saturated rings. The molecule has 242 valence electrons. The molecule has 2 heterocycles. The lowest BCUT2D eigenvalue weighted by molar-refractivity contribution is -0.141. The van der Waals surface area contributed by atoms with Gasteiger partial charge in [0.25, 0.3) is 5.91 Å². The minimum absolute atomic E-state index is 0.160. The molecule has 1 saturated carbocycles. The van der Waals surface area contributed by atoms with E-state index in [-0.39, 0.29) is 18.9 Å². The van der Waals surface area contributed by atoms with Crippen molar-refractivity contribution in [2.24, 2.45) is 5.92 Å². The molecule has 44 heavy (non-hydrogen) atoms. The van der Waals surface area contributed by atoms with Gasteiger partial charge in [0.2, 0.25) is 11.8 Å². The summed E-state index contributed by atoms with van der Waals surface area (Å²) in [6.45, 7) is 5.36. The Morgan fingerprint density at radius 2 is 1.82 bits per heavy atom. The molecular formula is C31H44N4O8S. The molecule has 1 aliphatic carbocycles. The lowest BCUT2D eigenvalue weighted by atomic mass is 10.0. The first kappa shape index (κ1) is 33.4. The fourth-order valence-corrected chi connectivity index (χ4v) is 6.46. The third-order valence-electron chi connectivity index (χ3n) is 8.02. The predicted molar refractivity (Wildman–Crippen MR) is 162 cm³/mol. The molecule has 1 unspecified atom stereocenters. The highest BCUT2D eigenvalue weighted by molar-refractivity contribution is 7.85. The van der Waals surface area contributed by atoms with Gasteiger partial charge in [0.05, 0.1) is 6.61 Å². The minimum Gasteiger partial charge on any atom is -0.444 e. The van der Waals surface area contributed by atoms with E-state index in [0.29, 0.717) is 45.1 Å². The van der Waals surface area contributed by atoms with Crippen molar-refractivity contribution >= 4 is 34.1 Å². The molecule has 0 bridgehead atoms. The lowest BCUT2D eigenvalue weighted by Gasteiger charge is -2.30. The van der Waals surface area contributed by atoms with Crippen LogP contribution in [0, 0.1) is 5.92 Å². The van der Waals surface area contributed by atoms with Gasteiger partial charge >= 0.3 is 16.4 Å². The Morgan fingerprint density at radius 3 is 2.55 bits per heavy atom. The van der Waals surface area contributed by atoms with Crippen LogP contribution in [0.25, 0.3) is 0 Å². The molecule has 0 radical (unpaired) electrons. The molecule has 4 atom stereocenters. The maximum Gasteiger partial charge on any atom is 0.408 e. The molecular weight excluding hydrogens is 588 g/mol. The number of benzene rings is 1. The standard InChI is InChI=1S/C31H44N4O8S/c1-30(2,3)43-29(39)32-24-16-11-6-4-5-10-15-23-21-31(23,33-26(36)25-17-12-19-35(25)27(24)37)28(38)34-44(40,41)42-20-18-22-13-8-7-9-14-22/h7-10,13-15,23-25H,4-6,11-12,16-21H2,1-3H3,(H,32,39)(H,33,36)(H,34,38)/b15-10-/t23-,24-,25?,31+/m0/s1. The van der Waals surface area contributed by atoms with Crippen molar-refractivity contribution < 1.29 is 36.5 Å². The van der Waals surface area contributed by atoms with E-state index in [1.165, 1.54) is 4.90 Å². The van der Waals surface area contributed by atoms with Crippen LogP contribution in [0.4, 0.5) is 4.79 Å². The number of nitrogens with zero attached hydrogens (tertiary/aromatic N) is 1. The molecule has 2 aliphatic heterocycles. The van der Waals surface area contributed by atoms with Crippen LogP contribution in [-0.4, -0.2) is 73.5 Å². The summed E-state index contributed by atoms with van der Waals surface area (Å²) >= 11 is 0. The van der Waals surface area contributed by atoms with Crippen molar-refractivity contribution in [3.05, 3.63) is 48.0 Å². The summed E-state index contributed by atoms with van der Waals surface area (Å²) in [6.07, 6.45) is 7.95. The largest absolute Gasteiger partial charge is 0.444 e. The maximum atomic E-state index is 13.7. The van der Waals surface area contributed by atoms with Crippen LogP contribution in [0.3, 0.4) is 0 Å². The number of ether oxygens (including phenoxy) is 1. The second kappa shape index (κ2) is 14.1. The second-order valence-electron chi connectivity index (χ2n) is 12.7. The fourth-order valence-electron chi connectivity index (χ4n) is 5.69. The van der Waals surface area contributed by atoms with Gasteiger partial charge in [0.15, 0.2) is 0 Å². The van der Waals surface area contributed by atoms with Crippen molar-refractivity contribution in [1.29, 1.82) is 0 Å². The predicted octanol–water partition coefficient (Wildman–Crippen LogP) is 2.89. The summed E-state index contributed by atoms with van der Waals surface area (Å²) in [7, 11) is -4.44. The van der Waals surface area contributed by atoms with Crippen molar-refractivity contribution in [1.82, 2.24) is 20.3 Å². The highest BCUT2D eigenvalue weighted by Crippen LogP contribution is 2.45. The number of amides is 4. The molecule has 4 amide bonds. The number of nitrogens with one attached hydrogen (secondary N) is 3. The highest BCUT2D eigenvalue weighted by atomic mass is 32.2. The van der Waals surface area contributed by atoms with Crippen molar-refractivity contribution in [3.8, 4) is 0 Å². The summed E-state index contributed by atoms with van der Waals surface area (Å²) in [5.41, 5.74) is -1.35. The Hall–Kier alpha value is -3.45. The molecule has 3 N–H and O–H groups in total. The van der Waals surface area contributed by atoms with E-state index in [0.717, 1.165) is 18.4 Å². The molecule has 4 rings (SSSR count). The average Bonchev–Trinajstić information content (AvgIpc) is 3.40. The Morgan fingerprint density at radius 1 is 1.07 bits per heavy atom. The van der Waals surface area contributed by atoms with Gasteiger partial charge in [-0.25, -0.2) is 9.52 Å². The van der Waals surface area contributed by atoms with Crippen molar-refractivity contribution in [2.75, 3.05) is 13.2 Å². The number of carbonyl (C=O) groups is 4. The van der Waals surface area contributed by atoms with Gasteiger partial charge in [-0.05, 0) is 71.3 Å². The number of rotatable bonds is 7. The smallest absolute Gasteiger partial charge is 0.408 e. The van der Waals surface area contributed by atoms with Crippen LogP contribution in [-0.2, 0) is 40.0 Å². The number of allylic oxidation sites excluding steroid dienone is 1. The van der Waals surface area contributed by atoms with Gasteiger partial charge in [0.1, 0.15) is 23.2 Å². The monoisotopic (exact) mass is 632 g/mol. The van der Waals surface area contributed by atoms with Gasteiger partial charge in [-0.1, -0.05) is 55.3 Å². The Balaban J connectivity index is 1.47. The second-order valence-corrected chi connectivity index (χ2v) is 14.0. The molecule has 0 spiro atoms.